The zero-order chi connectivity index (χ0) is 19.8. The van der Waals surface area contributed by atoms with Gasteiger partial charge in [0.15, 0.2) is 0 Å². The number of hydrogen-bond donors (Lipinski definition) is 1. The van der Waals surface area contributed by atoms with Crippen molar-refractivity contribution in [1.29, 1.82) is 0 Å². The Morgan fingerprint density at radius 1 is 1.07 bits per heavy atom. The summed E-state index contributed by atoms with van der Waals surface area (Å²) < 4.78 is 2.05. The molecule has 0 saturated heterocycles. The quantitative estimate of drug-likeness (QED) is 0.729. The van der Waals surface area contributed by atoms with Crippen molar-refractivity contribution < 1.29 is 5.11 Å². The maximum atomic E-state index is 10.7. The molecule has 1 aromatic carbocycles. The lowest BCUT2D eigenvalue weighted by Gasteiger charge is -2.56. The Bertz CT molecular complexity index is 1040. The number of fused-ring (bicyclic) bond motifs is 6. The smallest absolute Gasteiger partial charge is 0.113 e. The first-order valence-electron chi connectivity index (χ1n) is 11.4. The summed E-state index contributed by atoms with van der Waals surface area (Å²) in [5.41, 5.74) is 5.27. The maximum Gasteiger partial charge on any atom is 0.113 e. The second kappa shape index (κ2) is 6.04. The normalized spacial score (nSPS) is 41.3. The molecule has 1 heterocycles. The molecule has 0 unspecified atom stereocenters. The molecule has 2 aromatic rings. The van der Waals surface area contributed by atoms with E-state index < -0.39 is 0 Å². The van der Waals surface area contributed by atoms with Crippen molar-refractivity contribution in [3.8, 4) is 0 Å². The molecule has 1 N–H and O–H groups in total. The highest BCUT2D eigenvalue weighted by Gasteiger charge is 2.58. The first kappa shape index (κ1) is 17.9. The second-order valence-corrected chi connectivity index (χ2v) is 10.5. The van der Waals surface area contributed by atoms with Gasteiger partial charge in [0.1, 0.15) is 5.52 Å². The molecule has 4 aliphatic rings. The minimum absolute atomic E-state index is 0.0925. The number of aliphatic hydroxyl groups is 1. The fraction of sp³-hybridized carbons (Fsp3) is 0.600. The summed E-state index contributed by atoms with van der Waals surface area (Å²) in [5.74, 6) is 2.17. The average molecular weight is 390 g/mol. The van der Waals surface area contributed by atoms with Crippen LogP contribution in [0.5, 0.6) is 0 Å². The molecule has 6 rings (SSSR count). The van der Waals surface area contributed by atoms with Crippen LogP contribution in [-0.4, -0.2) is 26.2 Å². The van der Waals surface area contributed by atoms with Gasteiger partial charge >= 0.3 is 0 Å². The van der Waals surface area contributed by atoms with E-state index in [1.165, 1.54) is 43.4 Å². The van der Waals surface area contributed by atoms with E-state index in [2.05, 4.69) is 48.4 Å². The van der Waals surface area contributed by atoms with E-state index in [4.69, 9.17) is 0 Å². The van der Waals surface area contributed by atoms with Crippen molar-refractivity contribution in [3.05, 3.63) is 42.0 Å². The lowest BCUT2D eigenvalue weighted by atomic mass is 9.48. The van der Waals surface area contributed by atoms with Crippen LogP contribution in [-0.2, 0) is 0 Å². The Balaban J connectivity index is 1.37. The summed E-state index contributed by atoms with van der Waals surface area (Å²) >= 11 is 0. The molecule has 0 amide bonds. The second-order valence-electron chi connectivity index (χ2n) is 10.5. The fourth-order valence-corrected chi connectivity index (χ4v) is 7.53. The monoisotopic (exact) mass is 389 g/mol. The number of allylic oxidation sites excluding steroid dienone is 4. The minimum atomic E-state index is -0.0925. The molecule has 0 radical (unpaired) electrons. The van der Waals surface area contributed by atoms with Crippen LogP contribution in [0, 0.1) is 28.6 Å². The topological polar surface area (TPSA) is 50.9 Å². The van der Waals surface area contributed by atoms with Crippen LogP contribution in [0.2, 0.25) is 0 Å². The van der Waals surface area contributed by atoms with Crippen LogP contribution in [0.1, 0.15) is 58.8 Å². The Labute approximate surface area is 172 Å². The number of hydrogen-bond acceptors (Lipinski definition) is 3. The summed E-state index contributed by atoms with van der Waals surface area (Å²) in [4.78, 5) is 0. The molecule has 6 atom stereocenters. The van der Waals surface area contributed by atoms with Crippen LogP contribution >= 0.6 is 0 Å². The average Bonchev–Trinajstić information content (AvgIpc) is 3.29. The molecule has 0 spiro atoms. The summed E-state index contributed by atoms with van der Waals surface area (Å²) in [6.45, 7) is 4.87. The van der Waals surface area contributed by atoms with Crippen LogP contribution < -0.4 is 0 Å². The molecule has 4 heteroatoms. The highest BCUT2D eigenvalue weighted by molar-refractivity contribution is 5.78. The van der Waals surface area contributed by atoms with Crippen LogP contribution in [0.25, 0.3) is 16.7 Å². The van der Waals surface area contributed by atoms with Crippen molar-refractivity contribution in [1.82, 2.24) is 15.0 Å². The van der Waals surface area contributed by atoms with E-state index in [0.29, 0.717) is 5.92 Å². The molecule has 29 heavy (non-hydrogen) atoms. The lowest BCUT2D eigenvalue weighted by molar-refractivity contribution is -0.0623. The lowest BCUT2D eigenvalue weighted by Crippen LogP contribution is -2.50. The van der Waals surface area contributed by atoms with Gasteiger partial charge < -0.3 is 5.11 Å². The molecule has 4 nitrogen and oxygen atoms in total. The number of aromatic nitrogens is 3. The first-order chi connectivity index (χ1) is 14.0. The summed E-state index contributed by atoms with van der Waals surface area (Å²) in [6.07, 6.45) is 12.9. The molecular formula is C25H31N3O. The molecule has 2 fully saturated rings. The minimum Gasteiger partial charge on any atom is -0.393 e. The molecule has 2 saturated carbocycles. The molecule has 4 aliphatic carbocycles. The van der Waals surface area contributed by atoms with Gasteiger partial charge in [0.2, 0.25) is 0 Å². The SMILES string of the molecule is C[C@]12CC[C@H]3[C@@H](CC=C4C=C(n5nnc6ccccc65)CC[C@@]43C)[C@@H]1CC[C@@H]2O. The van der Waals surface area contributed by atoms with Gasteiger partial charge in [0, 0.05) is 5.70 Å². The Kier molecular flexibility index (Phi) is 3.72. The predicted molar refractivity (Wildman–Crippen MR) is 115 cm³/mol. The molecule has 1 aromatic heterocycles. The van der Waals surface area contributed by atoms with Crippen molar-refractivity contribution in [2.75, 3.05) is 0 Å². The van der Waals surface area contributed by atoms with Crippen molar-refractivity contribution in [3.63, 3.8) is 0 Å². The number of rotatable bonds is 1. The van der Waals surface area contributed by atoms with Gasteiger partial charge in [-0.25, -0.2) is 4.68 Å². The van der Waals surface area contributed by atoms with Crippen LogP contribution in [0.3, 0.4) is 0 Å². The summed E-state index contributed by atoms with van der Waals surface area (Å²) in [6, 6.07) is 8.23. The zero-order valence-corrected chi connectivity index (χ0v) is 17.5. The van der Waals surface area contributed by atoms with Gasteiger partial charge in [-0.05, 0) is 97.3 Å². The first-order valence-corrected chi connectivity index (χ1v) is 11.4. The Morgan fingerprint density at radius 3 is 2.83 bits per heavy atom. The zero-order valence-electron chi connectivity index (χ0n) is 17.5. The van der Waals surface area contributed by atoms with Gasteiger partial charge in [0.05, 0.1) is 11.6 Å². The number of nitrogens with zero attached hydrogens (tertiary/aromatic N) is 3. The Hall–Kier alpha value is -1.94. The van der Waals surface area contributed by atoms with E-state index in [9.17, 15) is 5.11 Å². The van der Waals surface area contributed by atoms with E-state index in [1.807, 2.05) is 16.8 Å². The van der Waals surface area contributed by atoms with Gasteiger partial charge in [-0.2, -0.15) is 0 Å². The molecule has 0 aliphatic heterocycles. The predicted octanol–water partition coefficient (Wildman–Crippen LogP) is 5.21. The van der Waals surface area contributed by atoms with E-state index >= 15 is 0 Å². The van der Waals surface area contributed by atoms with Gasteiger partial charge in [0.25, 0.3) is 0 Å². The Morgan fingerprint density at radius 2 is 1.93 bits per heavy atom. The van der Waals surface area contributed by atoms with Crippen LogP contribution in [0.15, 0.2) is 42.0 Å². The maximum absolute atomic E-state index is 10.7. The molecule has 0 bridgehead atoms. The third-order valence-electron chi connectivity index (χ3n) is 9.32. The standard InChI is InChI=1S/C25H31N3O/c1-24-13-11-17(28-22-6-4-3-5-21(22)26-27-28)15-16(24)7-8-18-19-9-10-23(29)25(19,2)14-12-20(18)24/h3-7,15,18-20,23,29H,8-14H2,1-2H3/t18-,19-,20-,23-,24-,25-/m0/s1. The van der Waals surface area contributed by atoms with Crippen LogP contribution in [0.4, 0.5) is 0 Å². The fourth-order valence-electron chi connectivity index (χ4n) is 7.53. The molecule has 152 valence electrons. The number of aliphatic hydroxyl groups excluding tert-OH is 1. The van der Waals surface area contributed by atoms with Gasteiger partial charge in [-0.1, -0.05) is 37.3 Å². The largest absolute Gasteiger partial charge is 0.393 e. The summed E-state index contributed by atoms with van der Waals surface area (Å²) in [5, 5.41) is 19.5. The van der Waals surface area contributed by atoms with Crippen molar-refractivity contribution in [2.24, 2.45) is 28.6 Å². The van der Waals surface area contributed by atoms with Gasteiger partial charge in [-0.3, -0.25) is 0 Å². The van der Waals surface area contributed by atoms with Crippen molar-refractivity contribution >= 4 is 16.7 Å². The third-order valence-corrected chi connectivity index (χ3v) is 9.32. The molecular weight excluding hydrogens is 358 g/mol. The van der Waals surface area contributed by atoms with Crippen molar-refractivity contribution in [2.45, 2.75) is 64.9 Å². The number of para-hydroxylation sites is 1. The van der Waals surface area contributed by atoms with Gasteiger partial charge in [-0.15, -0.1) is 5.10 Å². The van der Waals surface area contributed by atoms with E-state index in [-0.39, 0.29) is 16.9 Å². The third kappa shape index (κ3) is 2.35. The van der Waals surface area contributed by atoms with E-state index in [0.717, 1.165) is 35.7 Å². The highest BCUT2D eigenvalue weighted by atomic mass is 16.3. The number of benzene rings is 1. The van der Waals surface area contributed by atoms with E-state index in [1.54, 1.807) is 0 Å². The summed E-state index contributed by atoms with van der Waals surface area (Å²) in [7, 11) is 0. The highest BCUT2D eigenvalue weighted by Crippen LogP contribution is 2.64.